The Morgan fingerprint density at radius 2 is 0.983 bits per heavy atom. The quantitative estimate of drug-likeness (QED) is 0.168. The molecule has 1 aliphatic carbocycles. The highest BCUT2D eigenvalue weighted by Gasteiger charge is 2.35. The first kappa shape index (κ1) is 34.4. The van der Waals surface area contributed by atoms with Crippen LogP contribution in [-0.4, -0.2) is 4.57 Å². The molecule has 1 aliphatic rings. The van der Waals surface area contributed by atoms with Gasteiger partial charge in [0.1, 0.15) is 11.2 Å². The first-order valence-corrected chi connectivity index (χ1v) is 20.8. The third-order valence-electron chi connectivity index (χ3n) is 12.8. The molecule has 12 rings (SSSR count). The zero-order valence-electron chi connectivity index (χ0n) is 33.4. The third-order valence-corrected chi connectivity index (χ3v) is 12.8. The summed E-state index contributed by atoms with van der Waals surface area (Å²) in [6.07, 6.45) is 0. The Hall–Kier alpha value is -7.62. The summed E-state index contributed by atoms with van der Waals surface area (Å²) in [7, 11) is 0. The van der Waals surface area contributed by atoms with Gasteiger partial charge in [-0.1, -0.05) is 147 Å². The SMILES string of the molecule is CC1(C)c2ccccc2-c2ccc(N(c3ccc(-c4ccccc4)cc3)c3ccc(-c4ccc(-n5c6ccccc6c6c7oc8ccccc8c7ccc65)cc4)cc3)cc21. The fourth-order valence-electron chi connectivity index (χ4n) is 9.83. The van der Waals surface area contributed by atoms with E-state index in [0.717, 1.165) is 61.1 Å². The van der Waals surface area contributed by atoms with Gasteiger partial charge in [0.05, 0.1) is 16.4 Å². The van der Waals surface area contributed by atoms with Crippen LogP contribution in [0, 0.1) is 0 Å². The van der Waals surface area contributed by atoms with Gasteiger partial charge >= 0.3 is 0 Å². The first-order chi connectivity index (χ1) is 29.5. The summed E-state index contributed by atoms with van der Waals surface area (Å²) >= 11 is 0. The third kappa shape index (κ3) is 5.22. The predicted octanol–water partition coefficient (Wildman–Crippen LogP) is 15.8. The number of aromatic nitrogens is 1. The lowest BCUT2D eigenvalue weighted by Crippen LogP contribution is -2.16. The van der Waals surface area contributed by atoms with Gasteiger partial charge in [-0.05, 0) is 117 Å². The molecule has 0 atom stereocenters. The zero-order chi connectivity index (χ0) is 40.0. The van der Waals surface area contributed by atoms with Gasteiger partial charge in [0.15, 0.2) is 0 Å². The number of anilines is 3. The van der Waals surface area contributed by atoms with Crippen molar-refractivity contribution in [3.8, 4) is 39.1 Å². The Balaban J connectivity index is 0.921. The predicted molar refractivity (Wildman–Crippen MR) is 251 cm³/mol. The number of para-hydroxylation sites is 2. The maximum atomic E-state index is 6.53. The van der Waals surface area contributed by atoms with Gasteiger partial charge in [-0.2, -0.15) is 0 Å². The van der Waals surface area contributed by atoms with Gasteiger partial charge in [-0.3, -0.25) is 0 Å². The van der Waals surface area contributed by atoms with E-state index in [1.165, 1.54) is 49.9 Å². The minimum Gasteiger partial charge on any atom is -0.455 e. The lowest BCUT2D eigenvalue weighted by Gasteiger charge is -2.28. The summed E-state index contributed by atoms with van der Waals surface area (Å²) < 4.78 is 8.89. The second kappa shape index (κ2) is 13.2. The van der Waals surface area contributed by atoms with Crippen LogP contribution in [0.5, 0.6) is 0 Å². The highest BCUT2D eigenvalue weighted by Crippen LogP contribution is 2.51. The van der Waals surface area contributed by atoms with Gasteiger partial charge in [-0.25, -0.2) is 0 Å². The normalized spacial score (nSPS) is 13.0. The number of hydrogen-bond acceptors (Lipinski definition) is 2. The highest BCUT2D eigenvalue weighted by atomic mass is 16.3. The fourth-order valence-corrected chi connectivity index (χ4v) is 9.83. The van der Waals surface area contributed by atoms with Crippen molar-refractivity contribution in [2.75, 3.05) is 4.90 Å². The van der Waals surface area contributed by atoms with E-state index >= 15 is 0 Å². The van der Waals surface area contributed by atoms with Crippen molar-refractivity contribution in [2.24, 2.45) is 0 Å². The Bertz CT molecular complexity index is 3420. The second-order valence-electron chi connectivity index (χ2n) is 16.5. The summed E-state index contributed by atoms with van der Waals surface area (Å²) in [6.45, 7) is 4.70. The molecular formula is C57H40N2O. The second-order valence-corrected chi connectivity index (χ2v) is 16.5. The summed E-state index contributed by atoms with van der Waals surface area (Å²) in [5, 5.41) is 4.63. The molecule has 0 saturated carbocycles. The monoisotopic (exact) mass is 768 g/mol. The number of benzene rings is 9. The standard InChI is InChI=1S/C57H40N2O/c1-57(2)50-17-9-6-14-45(50)46-33-32-44(36-51(46)57)58(41-26-20-38(21-27-41)37-12-4-3-5-13-37)42-28-22-39(23-29-42)40-24-30-43(31-25-40)59-52-18-10-7-16-49(52)55-53(59)35-34-48-47-15-8-11-19-54(47)60-56(48)55/h3-36H,1-2H3. The molecule has 3 heteroatoms. The molecule has 0 bridgehead atoms. The molecule has 2 aromatic heterocycles. The van der Waals surface area contributed by atoms with Crippen LogP contribution in [0.2, 0.25) is 0 Å². The summed E-state index contributed by atoms with van der Waals surface area (Å²) in [5.41, 5.74) is 18.7. The molecule has 0 aliphatic heterocycles. The van der Waals surface area contributed by atoms with Gasteiger partial charge in [-0.15, -0.1) is 0 Å². The number of furan rings is 1. The maximum absolute atomic E-state index is 6.53. The van der Waals surface area contributed by atoms with E-state index in [2.05, 4.69) is 224 Å². The minimum absolute atomic E-state index is 0.0975. The van der Waals surface area contributed by atoms with E-state index in [9.17, 15) is 0 Å². The molecule has 3 nitrogen and oxygen atoms in total. The number of hydrogen-bond donors (Lipinski definition) is 0. The smallest absolute Gasteiger partial charge is 0.145 e. The average molecular weight is 769 g/mol. The molecule has 0 radical (unpaired) electrons. The molecule has 0 saturated heterocycles. The number of rotatable bonds is 6. The average Bonchev–Trinajstić information content (AvgIpc) is 3.93. The van der Waals surface area contributed by atoms with Crippen LogP contribution >= 0.6 is 0 Å². The van der Waals surface area contributed by atoms with E-state index in [1.54, 1.807) is 0 Å². The molecule has 0 spiro atoms. The van der Waals surface area contributed by atoms with Gasteiger partial charge < -0.3 is 13.9 Å². The van der Waals surface area contributed by atoms with Crippen molar-refractivity contribution >= 4 is 60.8 Å². The molecule has 0 N–H and O–H groups in total. The molecule has 60 heavy (non-hydrogen) atoms. The minimum atomic E-state index is -0.0975. The lowest BCUT2D eigenvalue weighted by molar-refractivity contribution is 0.660. The van der Waals surface area contributed by atoms with Gasteiger partial charge in [0, 0.05) is 44.3 Å². The molecule has 2 heterocycles. The van der Waals surface area contributed by atoms with Crippen LogP contribution in [0.4, 0.5) is 17.1 Å². The maximum Gasteiger partial charge on any atom is 0.145 e. The van der Waals surface area contributed by atoms with E-state index in [1.807, 2.05) is 6.07 Å². The van der Waals surface area contributed by atoms with Crippen LogP contribution < -0.4 is 4.90 Å². The van der Waals surface area contributed by atoms with Crippen molar-refractivity contribution < 1.29 is 4.42 Å². The molecule has 0 fully saturated rings. The van der Waals surface area contributed by atoms with Crippen LogP contribution in [-0.2, 0) is 5.41 Å². The Labute approximate surface area is 349 Å². The van der Waals surface area contributed by atoms with E-state index in [0.29, 0.717) is 0 Å². The van der Waals surface area contributed by atoms with E-state index < -0.39 is 0 Å². The lowest BCUT2D eigenvalue weighted by atomic mass is 9.82. The molecular weight excluding hydrogens is 729 g/mol. The van der Waals surface area contributed by atoms with Crippen LogP contribution in [0.1, 0.15) is 25.0 Å². The van der Waals surface area contributed by atoms with Crippen molar-refractivity contribution in [1.29, 1.82) is 0 Å². The first-order valence-electron chi connectivity index (χ1n) is 20.8. The largest absolute Gasteiger partial charge is 0.455 e. The number of nitrogens with zero attached hydrogens (tertiary/aromatic N) is 2. The van der Waals surface area contributed by atoms with Crippen molar-refractivity contribution in [2.45, 2.75) is 19.3 Å². The number of fused-ring (bicyclic) bond motifs is 10. The van der Waals surface area contributed by atoms with Crippen LogP contribution in [0.15, 0.2) is 211 Å². The van der Waals surface area contributed by atoms with Crippen LogP contribution in [0.3, 0.4) is 0 Å². The zero-order valence-corrected chi connectivity index (χ0v) is 33.4. The van der Waals surface area contributed by atoms with E-state index in [4.69, 9.17) is 4.42 Å². The highest BCUT2D eigenvalue weighted by molar-refractivity contribution is 6.23. The topological polar surface area (TPSA) is 21.3 Å². The molecule has 284 valence electrons. The molecule has 9 aromatic carbocycles. The molecule has 0 amide bonds. The summed E-state index contributed by atoms with van der Waals surface area (Å²) in [4.78, 5) is 2.39. The van der Waals surface area contributed by atoms with Gasteiger partial charge in [0.2, 0.25) is 0 Å². The van der Waals surface area contributed by atoms with Gasteiger partial charge in [0.25, 0.3) is 0 Å². The summed E-state index contributed by atoms with van der Waals surface area (Å²) in [5.74, 6) is 0. The van der Waals surface area contributed by atoms with Crippen molar-refractivity contribution in [1.82, 2.24) is 4.57 Å². The Morgan fingerprint density at radius 3 is 1.72 bits per heavy atom. The molecule has 0 unspecified atom stereocenters. The Kier molecular flexibility index (Phi) is 7.58. The molecule has 11 aromatic rings. The van der Waals surface area contributed by atoms with Crippen molar-refractivity contribution in [3.05, 3.63) is 217 Å². The van der Waals surface area contributed by atoms with Crippen molar-refractivity contribution in [3.63, 3.8) is 0 Å². The van der Waals surface area contributed by atoms with Crippen LogP contribution in [0.25, 0.3) is 82.8 Å². The Morgan fingerprint density at radius 1 is 0.417 bits per heavy atom. The fraction of sp³-hybridized carbons (Fsp3) is 0.0526. The summed E-state index contributed by atoms with van der Waals surface area (Å²) in [6, 6.07) is 74.8. The van der Waals surface area contributed by atoms with E-state index in [-0.39, 0.29) is 5.41 Å².